The molecular formula is C17H18ClFN2O3. The van der Waals surface area contributed by atoms with Gasteiger partial charge in [-0.1, -0.05) is 11.6 Å². The highest BCUT2D eigenvalue weighted by Crippen LogP contribution is 2.21. The van der Waals surface area contributed by atoms with Gasteiger partial charge in [0.05, 0.1) is 11.6 Å². The molecular weight excluding hydrogens is 335 g/mol. The molecule has 0 aliphatic heterocycles. The summed E-state index contributed by atoms with van der Waals surface area (Å²) in [7, 11) is 0. The van der Waals surface area contributed by atoms with Crippen molar-refractivity contribution in [2.75, 3.05) is 4.90 Å². The van der Waals surface area contributed by atoms with Crippen molar-refractivity contribution >= 4 is 23.4 Å². The Balaban J connectivity index is 2.38. The minimum Gasteiger partial charge on any atom is -0.443 e. The van der Waals surface area contributed by atoms with E-state index in [-0.39, 0.29) is 17.7 Å². The van der Waals surface area contributed by atoms with E-state index in [0.29, 0.717) is 10.7 Å². The van der Waals surface area contributed by atoms with Crippen LogP contribution in [0.4, 0.5) is 14.9 Å². The third kappa shape index (κ3) is 4.83. The van der Waals surface area contributed by atoms with E-state index < -0.39 is 17.5 Å². The fourth-order valence-electron chi connectivity index (χ4n) is 1.99. The summed E-state index contributed by atoms with van der Waals surface area (Å²) >= 11 is 5.90. The maximum Gasteiger partial charge on any atom is 0.415 e. The van der Waals surface area contributed by atoms with Crippen LogP contribution in [0, 0.1) is 5.82 Å². The summed E-state index contributed by atoms with van der Waals surface area (Å²) in [5.41, 5.74) is -0.381. The summed E-state index contributed by atoms with van der Waals surface area (Å²) in [5.74, 6) is -0.427. The van der Waals surface area contributed by atoms with Gasteiger partial charge in [-0.15, -0.1) is 0 Å². The zero-order chi connectivity index (χ0) is 17.9. The minimum atomic E-state index is -0.712. The van der Waals surface area contributed by atoms with Crippen LogP contribution in [0.5, 0.6) is 0 Å². The van der Waals surface area contributed by atoms with Crippen LogP contribution in [0.2, 0.25) is 5.02 Å². The number of hydrogen-bond donors (Lipinski definition) is 1. The van der Waals surface area contributed by atoms with Crippen molar-refractivity contribution < 1.29 is 13.9 Å². The Labute approximate surface area is 144 Å². The molecule has 1 N–H and O–H groups in total. The Kier molecular flexibility index (Phi) is 5.29. The number of nitrogens with zero attached hydrogens (tertiary/aromatic N) is 1. The molecule has 0 radical (unpaired) electrons. The summed E-state index contributed by atoms with van der Waals surface area (Å²) in [4.78, 5) is 28.2. The molecule has 0 spiro atoms. The summed E-state index contributed by atoms with van der Waals surface area (Å²) in [6.07, 6.45) is 0.719. The molecule has 0 saturated heterocycles. The van der Waals surface area contributed by atoms with E-state index in [2.05, 4.69) is 4.98 Å². The first kappa shape index (κ1) is 18.0. The second-order valence-electron chi connectivity index (χ2n) is 6.22. The first-order chi connectivity index (χ1) is 11.2. The Morgan fingerprint density at radius 1 is 1.29 bits per heavy atom. The molecule has 7 heteroatoms. The molecule has 5 nitrogen and oxygen atoms in total. The number of aromatic nitrogens is 1. The smallest absolute Gasteiger partial charge is 0.415 e. The van der Waals surface area contributed by atoms with E-state index in [1.165, 1.54) is 41.4 Å². The highest BCUT2D eigenvalue weighted by Gasteiger charge is 2.24. The van der Waals surface area contributed by atoms with Gasteiger partial charge in [-0.2, -0.15) is 0 Å². The maximum atomic E-state index is 13.2. The number of pyridine rings is 1. The lowest BCUT2D eigenvalue weighted by atomic mass is 10.2. The number of hydrogen-bond acceptors (Lipinski definition) is 3. The lowest BCUT2D eigenvalue weighted by molar-refractivity contribution is 0.0577. The highest BCUT2D eigenvalue weighted by atomic mass is 35.5. The molecule has 1 heterocycles. The van der Waals surface area contributed by atoms with Gasteiger partial charge in [-0.05, 0) is 51.1 Å². The lowest BCUT2D eigenvalue weighted by Crippen LogP contribution is -2.37. The van der Waals surface area contributed by atoms with Gasteiger partial charge in [-0.25, -0.2) is 9.18 Å². The fourth-order valence-corrected chi connectivity index (χ4v) is 2.17. The van der Waals surface area contributed by atoms with Gasteiger partial charge in [-0.3, -0.25) is 9.69 Å². The quantitative estimate of drug-likeness (QED) is 0.904. The minimum absolute atomic E-state index is 0.0591. The number of rotatable bonds is 3. The monoisotopic (exact) mass is 352 g/mol. The number of carbonyl (C=O) groups excluding carboxylic acids is 1. The van der Waals surface area contributed by atoms with Crippen molar-refractivity contribution in [3.63, 3.8) is 0 Å². The number of anilines is 1. The molecule has 0 bridgehead atoms. The van der Waals surface area contributed by atoms with E-state index in [4.69, 9.17) is 16.3 Å². The number of aromatic amines is 1. The third-order valence-electron chi connectivity index (χ3n) is 3.03. The van der Waals surface area contributed by atoms with Crippen LogP contribution in [0.1, 0.15) is 26.3 Å². The number of halogens is 2. The van der Waals surface area contributed by atoms with E-state index in [1.54, 1.807) is 20.8 Å². The van der Waals surface area contributed by atoms with Crippen molar-refractivity contribution in [3.05, 3.63) is 63.3 Å². The molecule has 2 rings (SSSR count). The molecule has 0 unspecified atom stereocenters. The number of ether oxygens (including phenoxy) is 1. The Morgan fingerprint density at radius 3 is 2.50 bits per heavy atom. The van der Waals surface area contributed by atoms with Gasteiger partial charge < -0.3 is 9.72 Å². The summed E-state index contributed by atoms with van der Waals surface area (Å²) in [5, 5.41) is 0.341. The van der Waals surface area contributed by atoms with Crippen LogP contribution in [0.3, 0.4) is 0 Å². The lowest BCUT2D eigenvalue weighted by Gasteiger charge is -2.27. The average Bonchev–Trinajstić information content (AvgIpc) is 2.47. The third-order valence-corrected chi connectivity index (χ3v) is 3.24. The number of carbonyl (C=O) groups is 1. The standard InChI is InChI=1S/C17H18ClFN2O3/c1-17(2,3)24-16(23)21(14-6-4-13(19)5-7-14)10-11-8-12(18)9-20-15(11)22/h4-9H,10H2,1-3H3,(H,20,22). The van der Waals surface area contributed by atoms with Crippen LogP contribution < -0.4 is 10.5 Å². The molecule has 0 fully saturated rings. The van der Waals surface area contributed by atoms with E-state index in [9.17, 15) is 14.0 Å². The zero-order valence-corrected chi connectivity index (χ0v) is 14.4. The Hall–Kier alpha value is -2.34. The van der Waals surface area contributed by atoms with Gasteiger partial charge in [0, 0.05) is 17.4 Å². The number of amides is 1. The predicted molar refractivity (Wildman–Crippen MR) is 90.9 cm³/mol. The van der Waals surface area contributed by atoms with Crippen LogP contribution >= 0.6 is 11.6 Å². The van der Waals surface area contributed by atoms with E-state index in [0.717, 1.165) is 0 Å². The van der Waals surface area contributed by atoms with Crippen molar-refractivity contribution in [2.24, 2.45) is 0 Å². The fraction of sp³-hybridized carbons (Fsp3) is 0.294. The van der Waals surface area contributed by atoms with Gasteiger partial charge in [0.25, 0.3) is 5.56 Å². The van der Waals surface area contributed by atoms with E-state index >= 15 is 0 Å². The predicted octanol–water partition coefficient (Wildman–Crippen LogP) is 4.11. The molecule has 1 aromatic heterocycles. The van der Waals surface area contributed by atoms with Gasteiger partial charge >= 0.3 is 6.09 Å². The second kappa shape index (κ2) is 7.05. The first-order valence-electron chi connectivity index (χ1n) is 7.29. The van der Waals surface area contributed by atoms with Crippen LogP contribution in [0.15, 0.2) is 41.3 Å². The topological polar surface area (TPSA) is 62.4 Å². The molecule has 1 aromatic carbocycles. The van der Waals surface area contributed by atoms with Crippen molar-refractivity contribution in [3.8, 4) is 0 Å². The first-order valence-corrected chi connectivity index (χ1v) is 7.67. The van der Waals surface area contributed by atoms with Gasteiger partial charge in [0.1, 0.15) is 11.4 Å². The molecule has 0 aliphatic rings. The molecule has 0 saturated carbocycles. The average molecular weight is 353 g/mol. The largest absolute Gasteiger partial charge is 0.443 e. The van der Waals surface area contributed by atoms with Gasteiger partial charge in [0.15, 0.2) is 0 Å². The summed E-state index contributed by atoms with van der Waals surface area (Å²) in [6.45, 7) is 5.15. The molecule has 24 heavy (non-hydrogen) atoms. The molecule has 128 valence electrons. The number of nitrogens with one attached hydrogen (secondary N) is 1. The maximum absolute atomic E-state index is 13.2. The number of H-pyrrole nitrogens is 1. The second-order valence-corrected chi connectivity index (χ2v) is 6.65. The van der Waals surface area contributed by atoms with Crippen molar-refractivity contribution in [1.82, 2.24) is 4.98 Å². The van der Waals surface area contributed by atoms with Crippen molar-refractivity contribution in [2.45, 2.75) is 32.9 Å². The number of benzene rings is 1. The van der Waals surface area contributed by atoms with Crippen LogP contribution in [-0.4, -0.2) is 16.7 Å². The highest BCUT2D eigenvalue weighted by molar-refractivity contribution is 6.30. The van der Waals surface area contributed by atoms with Crippen LogP contribution in [0.25, 0.3) is 0 Å². The normalized spacial score (nSPS) is 11.2. The molecule has 0 aliphatic carbocycles. The Bertz CT molecular complexity index is 782. The van der Waals surface area contributed by atoms with Crippen molar-refractivity contribution in [1.29, 1.82) is 0 Å². The van der Waals surface area contributed by atoms with Gasteiger partial charge in [0.2, 0.25) is 0 Å². The van der Waals surface area contributed by atoms with E-state index in [1.807, 2.05) is 0 Å². The summed E-state index contributed by atoms with van der Waals surface area (Å²) < 4.78 is 18.5. The molecule has 1 amide bonds. The Morgan fingerprint density at radius 2 is 1.92 bits per heavy atom. The SMILES string of the molecule is CC(C)(C)OC(=O)N(Cc1cc(Cl)c[nH]c1=O)c1ccc(F)cc1. The van der Waals surface area contributed by atoms with Crippen LogP contribution in [-0.2, 0) is 11.3 Å². The summed E-state index contributed by atoms with van der Waals surface area (Å²) in [6, 6.07) is 6.82. The molecule has 2 aromatic rings. The molecule has 0 atom stereocenters. The zero-order valence-electron chi connectivity index (χ0n) is 13.6.